The number of aromatic nitrogens is 2. The number of rotatable bonds is 3. The Bertz CT molecular complexity index is 710. The molecule has 0 bridgehead atoms. The molecule has 24 heavy (non-hydrogen) atoms. The fourth-order valence-electron chi connectivity index (χ4n) is 2.72. The molecular weight excluding hydrogens is 347 g/mol. The van der Waals surface area contributed by atoms with E-state index in [1.54, 1.807) is 24.3 Å². The number of hydrogen-bond donors (Lipinski definition) is 1. The van der Waals surface area contributed by atoms with E-state index in [4.69, 9.17) is 23.2 Å². The van der Waals surface area contributed by atoms with Crippen LogP contribution < -0.4 is 5.32 Å². The summed E-state index contributed by atoms with van der Waals surface area (Å²) in [5.41, 5.74) is 0.935. The smallest absolute Gasteiger partial charge is 0.272 e. The first-order valence-electron chi connectivity index (χ1n) is 7.97. The molecule has 1 amide bonds. The number of benzene rings is 1. The normalized spacial score (nSPS) is 15.0. The fourth-order valence-corrected chi connectivity index (χ4v) is 3.22. The van der Waals surface area contributed by atoms with Gasteiger partial charge in [-0.05, 0) is 25.0 Å². The fraction of sp³-hybridized carbons (Fsp3) is 0.353. The first-order chi connectivity index (χ1) is 11.6. The van der Waals surface area contributed by atoms with Gasteiger partial charge in [0, 0.05) is 19.2 Å². The van der Waals surface area contributed by atoms with E-state index in [0.717, 1.165) is 25.9 Å². The van der Waals surface area contributed by atoms with Gasteiger partial charge < -0.3 is 10.2 Å². The zero-order chi connectivity index (χ0) is 16.9. The van der Waals surface area contributed by atoms with E-state index in [1.165, 1.54) is 19.2 Å². The highest BCUT2D eigenvalue weighted by atomic mass is 35.5. The molecule has 126 valence electrons. The Balaban J connectivity index is 1.80. The van der Waals surface area contributed by atoms with Crippen LogP contribution in [0, 0.1) is 0 Å². The van der Waals surface area contributed by atoms with Crippen LogP contribution in [0.3, 0.4) is 0 Å². The van der Waals surface area contributed by atoms with Crippen molar-refractivity contribution in [3.05, 3.63) is 46.3 Å². The molecule has 2 heterocycles. The Morgan fingerprint density at radius 2 is 1.71 bits per heavy atom. The van der Waals surface area contributed by atoms with Crippen molar-refractivity contribution in [2.75, 3.05) is 18.4 Å². The van der Waals surface area contributed by atoms with Gasteiger partial charge in [0.05, 0.1) is 15.7 Å². The first-order valence-corrected chi connectivity index (χ1v) is 8.73. The molecule has 1 aliphatic heterocycles. The third kappa shape index (κ3) is 3.97. The van der Waals surface area contributed by atoms with Crippen molar-refractivity contribution < 1.29 is 4.79 Å². The molecule has 1 fully saturated rings. The maximum atomic E-state index is 12.6. The Morgan fingerprint density at radius 3 is 2.38 bits per heavy atom. The molecule has 1 saturated heterocycles. The van der Waals surface area contributed by atoms with Crippen LogP contribution in [0.1, 0.15) is 36.2 Å². The molecule has 0 atom stereocenters. The van der Waals surface area contributed by atoms with Gasteiger partial charge in [0.2, 0.25) is 0 Å². The first kappa shape index (κ1) is 17.0. The summed E-state index contributed by atoms with van der Waals surface area (Å²) in [7, 11) is 0. The number of anilines is 2. The minimum absolute atomic E-state index is 0.0624. The van der Waals surface area contributed by atoms with Gasteiger partial charge in [-0.1, -0.05) is 42.1 Å². The highest BCUT2D eigenvalue weighted by molar-refractivity contribution is 6.39. The van der Waals surface area contributed by atoms with Crippen LogP contribution in [0.15, 0.2) is 30.6 Å². The summed E-state index contributed by atoms with van der Waals surface area (Å²) in [6.07, 6.45) is 5.79. The molecule has 0 unspecified atom stereocenters. The number of halogens is 2. The highest BCUT2D eigenvalue weighted by Gasteiger charge is 2.19. The summed E-state index contributed by atoms with van der Waals surface area (Å²) in [6, 6.07) is 6.87. The second-order valence-electron chi connectivity index (χ2n) is 5.72. The second kappa shape index (κ2) is 7.81. The average Bonchev–Trinajstić information content (AvgIpc) is 2.87. The van der Waals surface area contributed by atoms with E-state index in [-0.39, 0.29) is 5.91 Å². The Labute approximate surface area is 151 Å². The Morgan fingerprint density at radius 1 is 1.04 bits per heavy atom. The second-order valence-corrected chi connectivity index (χ2v) is 6.53. The average molecular weight is 365 g/mol. The number of nitrogens with one attached hydrogen (secondary N) is 1. The lowest BCUT2D eigenvalue weighted by Crippen LogP contribution is -2.32. The molecule has 0 radical (unpaired) electrons. The number of likely N-dealkylation sites (tertiary alicyclic amines) is 1. The van der Waals surface area contributed by atoms with Gasteiger partial charge in [0.15, 0.2) is 0 Å². The van der Waals surface area contributed by atoms with Gasteiger partial charge in [0.1, 0.15) is 17.8 Å². The number of carbonyl (C=O) groups is 1. The number of carbonyl (C=O) groups excluding carboxylic acids is 1. The quantitative estimate of drug-likeness (QED) is 0.867. The lowest BCUT2D eigenvalue weighted by Gasteiger charge is -2.19. The minimum atomic E-state index is -0.0624. The van der Waals surface area contributed by atoms with E-state index in [1.807, 2.05) is 4.90 Å². The molecule has 7 heteroatoms. The number of hydrogen-bond acceptors (Lipinski definition) is 4. The van der Waals surface area contributed by atoms with Gasteiger partial charge in [-0.15, -0.1) is 0 Å². The molecule has 0 aliphatic carbocycles. The summed E-state index contributed by atoms with van der Waals surface area (Å²) < 4.78 is 0. The number of para-hydroxylation sites is 1. The summed E-state index contributed by atoms with van der Waals surface area (Å²) in [4.78, 5) is 22.8. The van der Waals surface area contributed by atoms with Crippen molar-refractivity contribution in [1.29, 1.82) is 0 Å². The van der Waals surface area contributed by atoms with Crippen molar-refractivity contribution >= 4 is 40.6 Å². The topological polar surface area (TPSA) is 58.1 Å². The molecule has 1 aromatic carbocycles. The Kier molecular flexibility index (Phi) is 5.53. The Hall–Kier alpha value is -1.85. The lowest BCUT2D eigenvalue weighted by molar-refractivity contribution is 0.0755. The molecule has 0 saturated carbocycles. The van der Waals surface area contributed by atoms with Crippen LogP contribution >= 0.6 is 23.2 Å². The van der Waals surface area contributed by atoms with E-state index in [9.17, 15) is 4.79 Å². The van der Waals surface area contributed by atoms with Crippen LogP contribution in [0.2, 0.25) is 10.0 Å². The zero-order valence-corrected chi connectivity index (χ0v) is 14.6. The van der Waals surface area contributed by atoms with Gasteiger partial charge in [0.25, 0.3) is 5.91 Å². The third-order valence-corrected chi connectivity index (χ3v) is 4.63. The predicted octanol–water partition coefficient (Wildman–Crippen LogP) is 4.54. The van der Waals surface area contributed by atoms with Crippen molar-refractivity contribution in [3.63, 3.8) is 0 Å². The van der Waals surface area contributed by atoms with E-state index < -0.39 is 0 Å². The van der Waals surface area contributed by atoms with Gasteiger partial charge in [-0.25, -0.2) is 9.97 Å². The molecular formula is C17H18Cl2N4O. The molecule has 1 aliphatic rings. The highest BCUT2D eigenvalue weighted by Crippen LogP contribution is 2.32. The third-order valence-electron chi connectivity index (χ3n) is 4.00. The van der Waals surface area contributed by atoms with Crippen LogP contribution in [0.25, 0.3) is 0 Å². The monoisotopic (exact) mass is 364 g/mol. The zero-order valence-electron chi connectivity index (χ0n) is 13.1. The van der Waals surface area contributed by atoms with Crippen LogP contribution in [0.5, 0.6) is 0 Å². The molecule has 3 rings (SSSR count). The molecule has 2 aromatic rings. The summed E-state index contributed by atoms with van der Waals surface area (Å²) in [5.74, 6) is 0.422. The van der Waals surface area contributed by atoms with E-state index in [2.05, 4.69) is 15.3 Å². The number of amides is 1. The molecule has 5 nitrogen and oxygen atoms in total. The van der Waals surface area contributed by atoms with Crippen molar-refractivity contribution in [2.24, 2.45) is 0 Å². The van der Waals surface area contributed by atoms with Crippen LogP contribution in [-0.4, -0.2) is 33.9 Å². The van der Waals surface area contributed by atoms with Crippen molar-refractivity contribution in [1.82, 2.24) is 14.9 Å². The van der Waals surface area contributed by atoms with E-state index in [0.29, 0.717) is 27.2 Å². The molecule has 1 aromatic heterocycles. The summed E-state index contributed by atoms with van der Waals surface area (Å²) in [5, 5.41) is 4.04. The van der Waals surface area contributed by atoms with Crippen molar-refractivity contribution in [3.8, 4) is 0 Å². The van der Waals surface area contributed by atoms with E-state index >= 15 is 0 Å². The SMILES string of the molecule is O=C(c1cc(Nc2c(Cl)cccc2Cl)ncn1)N1CCCCCC1. The van der Waals surface area contributed by atoms with Gasteiger partial charge >= 0.3 is 0 Å². The minimum Gasteiger partial charge on any atom is -0.338 e. The summed E-state index contributed by atoms with van der Waals surface area (Å²) in [6.45, 7) is 1.56. The summed E-state index contributed by atoms with van der Waals surface area (Å²) >= 11 is 12.3. The van der Waals surface area contributed by atoms with Crippen molar-refractivity contribution in [2.45, 2.75) is 25.7 Å². The predicted molar refractivity (Wildman–Crippen MR) is 96.1 cm³/mol. The van der Waals surface area contributed by atoms with Crippen LogP contribution in [-0.2, 0) is 0 Å². The molecule has 0 spiro atoms. The lowest BCUT2D eigenvalue weighted by atomic mass is 10.2. The maximum absolute atomic E-state index is 12.6. The van der Waals surface area contributed by atoms with Gasteiger partial charge in [-0.3, -0.25) is 4.79 Å². The molecule has 1 N–H and O–H groups in total. The largest absolute Gasteiger partial charge is 0.338 e. The standard InChI is InChI=1S/C17H18Cl2N4O/c18-12-6-5-7-13(19)16(12)22-15-10-14(20-11-21-15)17(24)23-8-3-1-2-4-9-23/h5-7,10-11H,1-4,8-9H2,(H,20,21,22). The number of nitrogens with zero attached hydrogens (tertiary/aromatic N) is 3. The maximum Gasteiger partial charge on any atom is 0.272 e. The van der Waals surface area contributed by atoms with Gasteiger partial charge in [-0.2, -0.15) is 0 Å². The van der Waals surface area contributed by atoms with Crippen LogP contribution in [0.4, 0.5) is 11.5 Å².